The van der Waals surface area contributed by atoms with Crippen LogP contribution in [0.4, 0.5) is 0 Å². The van der Waals surface area contributed by atoms with Crippen LogP contribution in [0.25, 0.3) is 0 Å². The maximum Gasteiger partial charge on any atom is 0.204 e. The number of ketones is 2. The van der Waals surface area contributed by atoms with Crippen LogP contribution in [0.1, 0.15) is 39.0 Å². The van der Waals surface area contributed by atoms with E-state index in [-0.39, 0.29) is 11.6 Å². The minimum Gasteiger partial charge on any atom is -0.391 e. The molecule has 0 heterocycles. The molecule has 0 spiro atoms. The molecule has 1 atom stereocenters. The summed E-state index contributed by atoms with van der Waals surface area (Å²) in [6.07, 6.45) is 7.89. The third-order valence-electron chi connectivity index (χ3n) is 3.94. The van der Waals surface area contributed by atoms with Gasteiger partial charge in [0.25, 0.3) is 0 Å². The van der Waals surface area contributed by atoms with Crippen LogP contribution >= 0.6 is 0 Å². The van der Waals surface area contributed by atoms with E-state index in [0.29, 0.717) is 23.7 Å². The van der Waals surface area contributed by atoms with Crippen molar-refractivity contribution in [3.8, 4) is 0 Å². The van der Waals surface area contributed by atoms with Crippen molar-refractivity contribution in [2.45, 2.75) is 45.1 Å². The fourth-order valence-corrected chi connectivity index (χ4v) is 2.77. The van der Waals surface area contributed by atoms with Gasteiger partial charge in [0.05, 0.1) is 11.8 Å². The Morgan fingerprint density at radius 1 is 1.26 bits per heavy atom. The van der Waals surface area contributed by atoms with Crippen LogP contribution in [-0.4, -0.2) is 29.3 Å². The van der Waals surface area contributed by atoms with E-state index in [9.17, 15) is 14.7 Å². The van der Waals surface area contributed by atoms with Crippen molar-refractivity contribution in [1.29, 1.82) is 0 Å². The number of allylic oxidation sites excluding steroid dienone is 3. The predicted octanol–water partition coefficient (Wildman–Crippen LogP) is 1.50. The minimum atomic E-state index is -0.449. The summed E-state index contributed by atoms with van der Waals surface area (Å²) in [5, 5.41) is 13.1. The average Bonchev–Trinajstić information content (AvgIpc) is 2.41. The SMILES string of the molecule is CC1=CC(=O)C=C(NCC(O)C2CCCCC2)C1=O. The largest absolute Gasteiger partial charge is 0.391 e. The molecule has 2 aliphatic carbocycles. The van der Waals surface area contributed by atoms with Gasteiger partial charge in [-0.15, -0.1) is 0 Å². The second-order valence-electron chi connectivity index (χ2n) is 5.46. The van der Waals surface area contributed by atoms with Crippen LogP contribution in [0, 0.1) is 5.92 Å². The molecule has 0 radical (unpaired) electrons. The fourth-order valence-electron chi connectivity index (χ4n) is 2.77. The fraction of sp³-hybridized carbons (Fsp3) is 0.600. The summed E-state index contributed by atoms with van der Waals surface area (Å²) >= 11 is 0. The lowest BCUT2D eigenvalue weighted by molar-refractivity contribution is -0.115. The van der Waals surface area contributed by atoms with Gasteiger partial charge in [-0.05, 0) is 31.8 Å². The van der Waals surface area contributed by atoms with Crippen LogP contribution in [-0.2, 0) is 9.59 Å². The van der Waals surface area contributed by atoms with E-state index in [4.69, 9.17) is 0 Å². The highest BCUT2D eigenvalue weighted by Crippen LogP contribution is 2.26. The van der Waals surface area contributed by atoms with Gasteiger partial charge in [0.1, 0.15) is 0 Å². The molecule has 104 valence electrons. The van der Waals surface area contributed by atoms with Crippen LogP contribution in [0.2, 0.25) is 0 Å². The quantitative estimate of drug-likeness (QED) is 0.754. The Labute approximate surface area is 113 Å². The Morgan fingerprint density at radius 3 is 2.63 bits per heavy atom. The highest BCUT2D eigenvalue weighted by molar-refractivity contribution is 6.19. The molecule has 1 saturated carbocycles. The molecule has 1 unspecified atom stereocenters. The highest BCUT2D eigenvalue weighted by Gasteiger charge is 2.23. The van der Waals surface area contributed by atoms with E-state index < -0.39 is 6.10 Å². The number of carbonyl (C=O) groups is 2. The van der Waals surface area contributed by atoms with E-state index in [0.717, 1.165) is 12.8 Å². The summed E-state index contributed by atoms with van der Waals surface area (Å²) in [7, 11) is 0. The highest BCUT2D eigenvalue weighted by atomic mass is 16.3. The first-order valence-electron chi connectivity index (χ1n) is 6.98. The Balaban J connectivity index is 1.88. The minimum absolute atomic E-state index is 0.157. The summed E-state index contributed by atoms with van der Waals surface area (Å²) in [5.74, 6) is -0.0184. The number of nitrogens with one attached hydrogen (secondary N) is 1. The molecule has 4 nitrogen and oxygen atoms in total. The number of carbonyl (C=O) groups excluding carboxylic acids is 2. The zero-order valence-electron chi connectivity index (χ0n) is 11.3. The summed E-state index contributed by atoms with van der Waals surface area (Å²) in [5.41, 5.74) is 0.752. The van der Waals surface area contributed by atoms with E-state index in [1.54, 1.807) is 6.92 Å². The molecular formula is C15H21NO3. The molecule has 0 aromatic heterocycles. The van der Waals surface area contributed by atoms with Crippen molar-refractivity contribution < 1.29 is 14.7 Å². The van der Waals surface area contributed by atoms with Crippen LogP contribution in [0.5, 0.6) is 0 Å². The number of aliphatic hydroxyl groups is 1. The normalized spacial score (nSPS) is 22.8. The Bertz CT molecular complexity index is 431. The van der Waals surface area contributed by atoms with Gasteiger partial charge in [-0.1, -0.05) is 19.3 Å². The van der Waals surface area contributed by atoms with E-state index in [1.807, 2.05) is 0 Å². The lowest BCUT2D eigenvalue weighted by Crippen LogP contribution is -2.36. The van der Waals surface area contributed by atoms with Gasteiger partial charge in [-0.25, -0.2) is 0 Å². The van der Waals surface area contributed by atoms with Gasteiger partial charge in [-0.2, -0.15) is 0 Å². The lowest BCUT2D eigenvalue weighted by atomic mass is 9.85. The summed E-state index contributed by atoms with van der Waals surface area (Å²) in [4.78, 5) is 23.2. The average molecular weight is 263 g/mol. The Kier molecular flexibility index (Phi) is 4.53. The lowest BCUT2D eigenvalue weighted by Gasteiger charge is -2.27. The van der Waals surface area contributed by atoms with E-state index >= 15 is 0 Å². The predicted molar refractivity (Wildman–Crippen MR) is 72.4 cm³/mol. The first-order chi connectivity index (χ1) is 9.08. The number of hydrogen-bond donors (Lipinski definition) is 2. The molecule has 2 N–H and O–H groups in total. The van der Waals surface area contributed by atoms with Crippen molar-refractivity contribution in [3.63, 3.8) is 0 Å². The van der Waals surface area contributed by atoms with Crippen LogP contribution in [0.15, 0.2) is 23.4 Å². The van der Waals surface area contributed by atoms with E-state index in [1.165, 1.54) is 31.4 Å². The maximum atomic E-state index is 11.8. The Morgan fingerprint density at radius 2 is 1.95 bits per heavy atom. The Hall–Kier alpha value is -1.42. The molecule has 0 aliphatic heterocycles. The third kappa shape index (κ3) is 3.53. The topological polar surface area (TPSA) is 66.4 Å². The second kappa shape index (κ2) is 6.15. The van der Waals surface area contributed by atoms with Gasteiger partial charge < -0.3 is 10.4 Å². The molecule has 4 heteroatoms. The molecule has 0 amide bonds. The number of rotatable bonds is 4. The molecule has 0 aromatic carbocycles. The molecule has 0 aromatic rings. The van der Waals surface area contributed by atoms with Gasteiger partial charge in [-0.3, -0.25) is 9.59 Å². The van der Waals surface area contributed by atoms with Crippen molar-refractivity contribution in [3.05, 3.63) is 23.4 Å². The standard InChI is InChI=1S/C15H21NO3/c1-10-7-12(17)8-13(15(10)19)16-9-14(18)11-5-3-2-4-6-11/h7-8,11,14,16,18H,2-6,9H2,1H3. The van der Waals surface area contributed by atoms with Gasteiger partial charge in [0.15, 0.2) is 5.78 Å². The second-order valence-corrected chi connectivity index (χ2v) is 5.46. The maximum absolute atomic E-state index is 11.8. The van der Waals surface area contributed by atoms with Crippen molar-refractivity contribution in [1.82, 2.24) is 5.32 Å². The van der Waals surface area contributed by atoms with Gasteiger partial charge >= 0.3 is 0 Å². The van der Waals surface area contributed by atoms with Gasteiger partial charge in [0, 0.05) is 18.2 Å². The first kappa shape index (κ1) is 14.0. The third-order valence-corrected chi connectivity index (χ3v) is 3.94. The molecular weight excluding hydrogens is 242 g/mol. The molecule has 1 fully saturated rings. The van der Waals surface area contributed by atoms with Crippen LogP contribution in [0.3, 0.4) is 0 Å². The summed E-state index contributed by atoms with van der Waals surface area (Å²) < 4.78 is 0. The molecule has 2 rings (SSSR count). The van der Waals surface area contributed by atoms with Gasteiger partial charge in [0.2, 0.25) is 5.78 Å². The van der Waals surface area contributed by atoms with E-state index in [2.05, 4.69) is 5.32 Å². The van der Waals surface area contributed by atoms with Crippen LogP contribution < -0.4 is 5.32 Å². The zero-order chi connectivity index (χ0) is 13.8. The molecule has 2 aliphatic rings. The van der Waals surface area contributed by atoms with Crippen molar-refractivity contribution >= 4 is 11.6 Å². The molecule has 0 bridgehead atoms. The monoisotopic (exact) mass is 263 g/mol. The summed E-state index contributed by atoms with van der Waals surface area (Å²) in [6.45, 7) is 1.97. The number of Topliss-reactive ketones (excluding diaryl/α,β-unsaturated/α-hetero) is 1. The zero-order valence-corrected chi connectivity index (χ0v) is 11.3. The van der Waals surface area contributed by atoms with Crippen molar-refractivity contribution in [2.75, 3.05) is 6.54 Å². The molecule has 0 saturated heterocycles. The summed E-state index contributed by atoms with van der Waals surface area (Å²) in [6, 6.07) is 0. The first-order valence-corrected chi connectivity index (χ1v) is 6.98. The van der Waals surface area contributed by atoms with Crippen molar-refractivity contribution in [2.24, 2.45) is 5.92 Å². The number of aliphatic hydroxyl groups excluding tert-OH is 1. The smallest absolute Gasteiger partial charge is 0.204 e. The number of hydrogen-bond acceptors (Lipinski definition) is 4. The molecule has 19 heavy (non-hydrogen) atoms.